The summed E-state index contributed by atoms with van der Waals surface area (Å²) < 4.78 is 0. The van der Waals surface area contributed by atoms with Crippen molar-refractivity contribution in [2.45, 2.75) is 365 Å². The van der Waals surface area contributed by atoms with Crippen LogP contribution in [0.1, 0.15) is 365 Å². The summed E-state index contributed by atoms with van der Waals surface area (Å²) in [5, 5.41) is 0. The molecule has 0 nitrogen and oxygen atoms in total. The molecule has 10 rings (SSSR count). The second-order valence-electron chi connectivity index (χ2n) is 33.8. The van der Waals surface area contributed by atoms with Crippen LogP contribution in [0.2, 0.25) is 0 Å². The van der Waals surface area contributed by atoms with Gasteiger partial charge in [-0.15, -0.1) is 0 Å². The lowest BCUT2D eigenvalue weighted by atomic mass is 9.71. The molecule has 0 spiro atoms. The van der Waals surface area contributed by atoms with E-state index in [0.717, 1.165) is 142 Å². The summed E-state index contributed by atoms with van der Waals surface area (Å²) in [5.74, 6) is 24.2. The maximum Gasteiger partial charge on any atom is -0.0363 e. The van der Waals surface area contributed by atoms with E-state index in [1.54, 1.807) is 0 Å². The minimum atomic E-state index is 0.924. The summed E-state index contributed by atoms with van der Waals surface area (Å²) in [7, 11) is 0. The Morgan fingerprint density at radius 3 is 0.671 bits per heavy atom. The average molecular weight is 1110 g/mol. The Kier molecular flexibility index (Phi) is 42.5. The highest BCUT2D eigenvalue weighted by atomic mass is 14.4. The van der Waals surface area contributed by atoms with Gasteiger partial charge in [0.1, 0.15) is 0 Å². The van der Waals surface area contributed by atoms with E-state index in [2.05, 4.69) is 166 Å². The van der Waals surface area contributed by atoms with Crippen LogP contribution in [0.25, 0.3) is 0 Å². The quantitative estimate of drug-likeness (QED) is 0.183. The van der Waals surface area contributed by atoms with Crippen molar-refractivity contribution in [1.29, 1.82) is 0 Å². The van der Waals surface area contributed by atoms with Crippen LogP contribution in [0.4, 0.5) is 0 Å². The molecule has 4 atom stereocenters. The van der Waals surface area contributed by atoms with Gasteiger partial charge in [-0.25, -0.2) is 0 Å². The molecule has 79 heavy (non-hydrogen) atoms. The summed E-state index contributed by atoms with van der Waals surface area (Å²) in [6.45, 7) is 56.1. The van der Waals surface area contributed by atoms with Crippen LogP contribution in [-0.4, -0.2) is 0 Å². The molecule has 0 aromatic heterocycles. The maximum absolute atomic E-state index is 2.39. The van der Waals surface area contributed by atoms with Crippen molar-refractivity contribution >= 4 is 0 Å². The summed E-state index contributed by atoms with van der Waals surface area (Å²) in [4.78, 5) is 0. The van der Waals surface area contributed by atoms with Crippen molar-refractivity contribution in [3.63, 3.8) is 0 Å². The molecule has 0 amide bonds. The Morgan fingerprint density at radius 1 is 0.228 bits per heavy atom. The van der Waals surface area contributed by atoms with E-state index in [0.29, 0.717) is 0 Å². The molecule has 10 saturated carbocycles. The zero-order chi connectivity index (χ0) is 59.8. The molecule has 0 saturated heterocycles. The minimum Gasteiger partial charge on any atom is -0.0628 e. The molecule has 10 aliphatic rings. The highest BCUT2D eigenvalue weighted by molar-refractivity contribution is 4.84. The Morgan fingerprint density at radius 2 is 0.506 bits per heavy atom. The van der Waals surface area contributed by atoms with Crippen molar-refractivity contribution < 1.29 is 0 Å². The van der Waals surface area contributed by atoms with Crippen LogP contribution >= 0.6 is 0 Å². The molecule has 0 aromatic rings. The summed E-state index contributed by atoms with van der Waals surface area (Å²) in [5.41, 5.74) is 0. The second-order valence-corrected chi connectivity index (χ2v) is 33.8. The first-order valence-corrected chi connectivity index (χ1v) is 37.1. The first kappa shape index (κ1) is 77.0. The molecule has 4 unspecified atom stereocenters. The largest absolute Gasteiger partial charge is 0.0628 e. The first-order valence-electron chi connectivity index (χ1n) is 37.1. The molecule has 10 fully saturated rings. The van der Waals surface area contributed by atoms with E-state index < -0.39 is 0 Å². The van der Waals surface area contributed by atoms with Crippen molar-refractivity contribution in [3.8, 4) is 0 Å². The fourth-order valence-electron chi connectivity index (χ4n) is 14.3. The van der Waals surface area contributed by atoms with Crippen molar-refractivity contribution in [1.82, 2.24) is 0 Å². The molecule has 0 bridgehead atoms. The molecular formula is C79H158. The lowest BCUT2D eigenvalue weighted by Crippen LogP contribution is -2.25. The Hall–Kier alpha value is 0. The fraction of sp³-hybridized carbons (Fsp3) is 1.00. The van der Waals surface area contributed by atoms with Gasteiger partial charge in [0.05, 0.1) is 0 Å². The molecule has 0 heterocycles. The number of hydrogen-bond donors (Lipinski definition) is 0. The van der Waals surface area contributed by atoms with E-state index in [4.69, 9.17) is 0 Å². The topological polar surface area (TPSA) is 0 Å². The van der Waals surface area contributed by atoms with E-state index in [1.807, 2.05) is 0 Å². The van der Waals surface area contributed by atoms with Gasteiger partial charge in [-0.3, -0.25) is 0 Å². The molecule has 10 aliphatic carbocycles. The van der Waals surface area contributed by atoms with Gasteiger partial charge in [0.15, 0.2) is 0 Å². The van der Waals surface area contributed by atoms with Crippen molar-refractivity contribution in [3.05, 3.63) is 0 Å². The smallest absolute Gasteiger partial charge is 0.0363 e. The molecule has 0 radical (unpaired) electrons. The van der Waals surface area contributed by atoms with Crippen LogP contribution < -0.4 is 0 Å². The van der Waals surface area contributed by atoms with Gasteiger partial charge in [0.2, 0.25) is 0 Å². The van der Waals surface area contributed by atoms with Gasteiger partial charge < -0.3 is 0 Å². The SMILES string of the molecule is CC(C)C1CC1.CC(C)C1CC1C.CC(C)C1CCC1.CC(C)C1CCCC1.CC(C)C1CCCCC1.CC(C)CC1CC1.CC(C)CC1CCC1.CC1CC(C(C)C)C1.CC1CCC(C(C)C)C1.CC1CCC(C(C)C)CC1. The molecule has 0 aromatic carbocycles. The predicted molar refractivity (Wildman–Crippen MR) is 363 cm³/mol. The van der Waals surface area contributed by atoms with Gasteiger partial charge in [0, 0.05) is 0 Å². The molecule has 0 N–H and O–H groups in total. The van der Waals surface area contributed by atoms with E-state index in [1.165, 1.54) is 199 Å². The lowest BCUT2D eigenvalue weighted by Gasteiger charge is -2.35. The Balaban J connectivity index is 0.000000440. The normalized spacial score (nSPS) is 28.5. The lowest BCUT2D eigenvalue weighted by molar-refractivity contribution is 0.156. The standard InChI is InChI=1S/C10H20.2C9H18.3C8H16.3C7H14.C6H12/c1-8(2)10-6-4-9(3)5-7-10;1-7(2)9-5-4-8(3)6-9;1-8(2)9-6-4-3-5-7-9;1-6(2)8-4-7(3)5-8;1-7(2)6-8-4-3-5-8;1-7(2)8-5-3-4-6-8;1-5(2)7-4-6(7)3;1-6(2)5-7-3-4-7;1-6(2)7-4-3-5-7;1-5(2)6-3-4-6/h8-10H,4-7H2,1-3H3;7-9H,4-6H2,1-3H3;8-9H,3-7H2,1-2H3;6-8H,4-5H2,1-3H3;2*7-8H,3-6H2,1-2H3;5-7H,4H2,1-3H3;2*6-7H,3-5H2,1-2H3;5-6H,3-4H2,1-2H3. The maximum atomic E-state index is 2.39. The molecule has 0 heteroatoms. The highest BCUT2D eigenvalue weighted by Crippen LogP contribution is 2.43. The number of hydrogen-bond acceptors (Lipinski definition) is 0. The van der Waals surface area contributed by atoms with Crippen molar-refractivity contribution in [2.24, 2.45) is 142 Å². The van der Waals surface area contributed by atoms with Gasteiger partial charge >= 0.3 is 0 Å². The zero-order valence-electron chi connectivity index (χ0n) is 59.8. The van der Waals surface area contributed by atoms with E-state index in [-0.39, 0.29) is 0 Å². The predicted octanol–water partition coefficient (Wildman–Crippen LogP) is 27.4. The Labute approximate surface area is 504 Å². The highest BCUT2D eigenvalue weighted by Gasteiger charge is 2.34. The first-order chi connectivity index (χ1) is 37.1. The van der Waals surface area contributed by atoms with Gasteiger partial charge in [0.25, 0.3) is 0 Å². The third-order valence-electron chi connectivity index (χ3n) is 22.2. The molecular weight excluding hydrogens is 949 g/mol. The second kappa shape index (κ2) is 43.6. The van der Waals surface area contributed by atoms with Gasteiger partial charge in [-0.05, 0) is 213 Å². The van der Waals surface area contributed by atoms with Crippen LogP contribution in [0, 0.1) is 142 Å². The zero-order valence-corrected chi connectivity index (χ0v) is 59.8. The third kappa shape index (κ3) is 40.1. The Bertz CT molecular complexity index is 1300. The van der Waals surface area contributed by atoms with Crippen LogP contribution in [0.15, 0.2) is 0 Å². The summed E-state index contributed by atoms with van der Waals surface area (Å²) in [6.07, 6.45) is 46.2. The van der Waals surface area contributed by atoms with E-state index in [9.17, 15) is 0 Å². The van der Waals surface area contributed by atoms with Crippen LogP contribution in [0.5, 0.6) is 0 Å². The molecule has 0 aliphatic heterocycles. The summed E-state index contributed by atoms with van der Waals surface area (Å²) >= 11 is 0. The van der Waals surface area contributed by atoms with Crippen molar-refractivity contribution in [2.75, 3.05) is 0 Å². The fourth-order valence-corrected chi connectivity index (χ4v) is 14.3. The van der Waals surface area contributed by atoms with E-state index >= 15 is 0 Å². The van der Waals surface area contributed by atoms with Gasteiger partial charge in [-0.1, -0.05) is 295 Å². The van der Waals surface area contributed by atoms with Crippen LogP contribution in [-0.2, 0) is 0 Å². The van der Waals surface area contributed by atoms with Gasteiger partial charge in [-0.2, -0.15) is 0 Å². The number of rotatable bonds is 12. The minimum absolute atomic E-state index is 0.924. The average Bonchev–Trinajstić information content (AvgIpc) is 4.31. The molecule has 474 valence electrons. The third-order valence-corrected chi connectivity index (χ3v) is 22.2. The van der Waals surface area contributed by atoms with Crippen LogP contribution in [0.3, 0.4) is 0 Å². The monoisotopic (exact) mass is 1110 g/mol. The summed E-state index contributed by atoms with van der Waals surface area (Å²) in [6, 6.07) is 0.